The Balaban J connectivity index is 0.000000247. The molecular formula is C32H38N6. The molecule has 0 saturated carbocycles. The van der Waals surface area contributed by atoms with E-state index in [4.69, 9.17) is 0 Å². The number of hydrogen-bond acceptors (Lipinski definition) is 6. The van der Waals surface area contributed by atoms with Crippen molar-refractivity contribution in [2.75, 3.05) is 10.2 Å². The van der Waals surface area contributed by atoms with Crippen LogP contribution in [-0.2, 0) is 0 Å². The normalized spacial score (nSPS) is 9.32. The molecule has 0 radical (unpaired) electrons. The lowest BCUT2D eigenvalue weighted by Gasteiger charge is -2.22. The van der Waals surface area contributed by atoms with Crippen LogP contribution in [0.1, 0.15) is 38.8 Å². The molecule has 0 aliphatic rings. The molecule has 0 fully saturated rings. The maximum Gasteiger partial charge on any atom is 0.234 e. The monoisotopic (exact) mass is 506 g/mol. The molecule has 196 valence electrons. The van der Waals surface area contributed by atoms with Gasteiger partial charge in [-0.3, -0.25) is 4.90 Å². The van der Waals surface area contributed by atoms with Gasteiger partial charge in [0.2, 0.25) is 11.9 Å². The summed E-state index contributed by atoms with van der Waals surface area (Å²) in [5, 5.41) is 3.11. The summed E-state index contributed by atoms with van der Waals surface area (Å²) in [4.78, 5) is 19.2. The van der Waals surface area contributed by atoms with Gasteiger partial charge in [0.15, 0.2) is 0 Å². The number of nitrogens with zero attached hydrogens (tertiary/aromatic N) is 5. The van der Waals surface area contributed by atoms with Gasteiger partial charge in [0, 0.05) is 41.8 Å². The van der Waals surface area contributed by atoms with Gasteiger partial charge in [-0.05, 0) is 61.4 Å². The molecule has 6 heteroatoms. The highest BCUT2D eigenvalue weighted by atomic mass is 15.3. The largest absolute Gasteiger partial charge is 0.324 e. The molecule has 2 aromatic heterocycles. The number of hydrogen-bond donors (Lipinski definition) is 1. The molecule has 0 aliphatic carbocycles. The Bertz CT molecular complexity index is 1220. The minimum absolute atomic E-state index is 0.627. The Morgan fingerprint density at radius 3 is 1.29 bits per heavy atom. The maximum atomic E-state index is 4.45. The second-order valence-corrected chi connectivity index (χ2v) is 7.64. The first kappa shape index (κ1) is 29.6. The van der Waals surface area contributed by atoms with E-state index in [1.165, 1.54) is 0 Å². The predicted molar refractivity (Wildman–Crippen MR) is 161 cm³/mol. The zero-order valence-corrected chi connectivity index (χ0v) is 23.2. The fourth-order valence-corrected chi connectivity index (χ4v) is 3.14. The van der Waals surface area contributed by atoms with Crippen molar-refractivity contribution in [3.8, 4) is 0 Å². The van der Waals surface area contributed by atoms with Crippen molar-refractivity contribution in [2.24, 2.45) is 0 Å². The lowest BCUT2D eigenvalue weighted by Crippen LogP contribution is -2.12. The van der Waals surface area contributed by atoms with Gasteiger partial charge in [0.05, 0.1) is 0 Å². The Kier molecular flexibility index (Phi) is 13.2. The van der Waals surface area contributed by atoms with Crippen LogP contribution in [0.15, 0.2) is 116 Å². The minimum atomic E-state index is 0.627. The quantitative estimate of drug-likeness (QED) is 0.257. The molecule has 0 amide bonds. The van der Waals surface area contributed by atoms with Gasteiger partial charge in [-0.1, -0.05) is 82.3 Å². The smallest absolute Gasteiger partial charge is 0.234 e. The molecule has 6 nitrogen and oxygen atoms in total. The van der Waals surface area contributed by atoms with Crippen molar-refractivity contribution in [3.63, 3.8) is 0 Å². The fourth-order valence-electron chi connectivity index (χ4n) is 3.14. The molecule has 0 saturated heterocycles. The molecule has 0 unspecified atom stereocenters. The highest BCUT2D eigenvalue weighted by molar-refractivity contribution is 5.72. The molecule has 5 aromatic rings. The fraction of sp³-hybridized carbons (Fsp3) is 0.188. The summed E-state index contributed by atoms with van der Waals surface area (Å²) in [5.41, 5.74) is 5.19. The molecule has 2 heterocycles. The number of aryl methyl sites for hydroxylation is 2. The zero-order valence-electron chi connectivity index (χ0n) is 23.2. The molecule has 38 heavy (non-hydrogen) atoms. The zero-order chi connectivity index (χ0) is 27.6. The van der Waals surface area contributed by atoms with Crippen LogP contribution in [0, 0.1) is 13.8 Å². The van der Waals surface area contributed by atoms with Crippen LogP contribution in [-0.4, -0.2) is 19.9 Å². The van der Waals surface area contributed by atoms with Gasteiger partial charge in [0.1, 0.15) is 0 Å². The third-order valence-electron chi connectivity index (χ3n) is 4.81. The number of rotatable bonds is 5. The summed E-state index contributed by atoms with van der Waals surface area (Å²) in [6.07, 6.45) is 7.25. The van der Waals surface area contributed by atoms with Gasteiger partial charge in [-0.15, -0.1) is 0 Å². The molecule has 1 N–H and O–H groups in total. The Labute approximate surface area is 227 Å². The van der Waals surface area contributed by atoms with Crippen LogP contribution < -0.4 is 10.2 Å². The van der Waals surface area contributed by atoms with E-state index in [0.717, 1.165) is 28.2 Å². The van der Waals surface area contributed by atoms with Crippen molar-refractivity contribution in [1.29, 1.82) is 0 Å². The molecule has 0 bridgehead atoms. The van der Waals surface area contributed by atoms with Gasteiger partial charge in [-0.2, -0.15) is 0 Å². The van der Waals surface area contributed by atoms with E-state index in [2.05, 4.69) is 49.5 Å². The molecule has 0 atom stereocenters. The molecule has 0 spiro atoms. The molecular weight excluding hydrogens is 468 g/mol. The predicted octanol–water partition coefficient (Wildman–Crippen LogP) is 8.84. The highest BCUT2D eigenvalue weighted by Crippen LogP contribution is 2.31. The van der Waals surface area contributed by atoms with Crippen molar-refractivity contribution in [2.45, 2.75) is 41.5 Å². The van der Waals surface area contributed by atoms with Crippen molar-refractivity contribution < 1.29 is 0 Å². The lowest BCUT2D eigenvalue weighted by atomic mass is 10.2. The van der Waals surface area contributed by atoms with Crippen molar-refractivity contribution >= 4 is 29.0 Å². The van der Waals surface area contributed by atoms with E-state index in [-0.39, 0.29) is 0 Å². The highest BCUT2D eigenvalue weighted by Gasteiger charge is 2.13. The van der Waals surface area contributed by atoms with E-state index in [1.54, 1.807) is 12.4 Å². The topological polar surface area (TPSA) is 66.8 Å². The summed E-state index contributed by atoms with van der Waals surface area (Å²) in [6.45, 7) is 11.9. The van der Waals surface area contributed by atoms with Crippen molar-refractivity contribution in [3.05, 3.63) is 127 Å². The Morgan fingerprint density at radius 1 is 0.500 bits per heavy atom. The van der Waals surface area contributed by atoms with Crippen LogP contribution in [0.4, 0.5) is 29.0 Å². The SMILES string of the molecule is CC.CC.Cc1cnc(N(c2ccccc2)c2ccccc2)nc1.Cc1cnc(Nc2ccccc2)nc1. The second kappa shape index (κ2) is 17.0. The number of para-hydroxylation sites is 3. The second-order valence-electron chi connectivity index (χ2n) is 7.64. The first-order chi connectivity index (χ1) is 18.7. The van der Waals surface area contributed by atoms with E-state index < -0.39 is 0 Å². The summed E-state index contributed by atoms with van der Waals surface area (Å²) < 4.78 is 0. The molecule has 5 rings (SSSR count). The number of nitrogens with one attached hydrogen (secondary N) is 1. The average molecular weight is 507 g/mol. The Morgan fingerprint density at radius 2 is 0.868 bits per heavy atom. The van der Waals surface area contributed by atoms with E-state index in [0.29, 0.717) is 11.9 Å². The van der Waals surface area contributed by atoms with Crippen LogP contribution in [0.5, 0.6) is 0 Å². The van der Waals surface area contributed by atoms with E-state index in [9.17, 15) is 0 Å². The number of anilines is 5. The maximum absolute atomic E-state index is 4.45. The van der Waals surface area contributed by atoms with Gasteiger partial charge < -0.3 is 5.32 Å². The Hall–Kier alpha value is -4.58. The van der Waals surface area contributed by atoms with Crippen LogP contribution in [0.3, 0.4) is 0 Å². The number of benzene rings is 3. The number of aromatic nitrogens is 4. The first-order valence-electron chi connectivity index (χ1n) is 13.0. The van der Waals surface area contributed by atoms with Crippen LogP contribution in [0.2, 0.25) is 0 Å². The first-order valence-corrected chi connectivity index (χ1v) is 13.0. The van der Waals surface area contributed by atoms with Gasteiger partial charge >= 0.3 is 0 Å². The van der Waals surface area contributed by atoms with E-state index >= 15 is 0 Å². The third kappa shape index (κ3) is 9.47. The van der Waals surface area contributed by atoms with Gasteiger partial charge in [-0.25, -0.2) is 19.9 Å². The molecule has 3 aromatic carbocycles. The summed E-state index contributed by atoms with van der Waals surface area (Å²) in [7, 11) is 0. The van der Waals surface area contributed by atoms with Crippen LogP contribution >= 0.6 is 0 Å². The third-order valence-corrected chi connectivity index (χ3v) is 4.81. The van der Waals surface area contributed by atoms with E-state index in [1.807, 2.05) is 126 Å². The summed E-state index contributed by atoms with van der Waals surface area (Å²) >= 11 is 0. The lowest BCUT2D eigenvalue weighted by molar-refractivity contribution is 1.06. The van der Waals surface area contributed by atoms with Gasteiger partial charge in [0.25, 0.3) is 0 Å². The minimum Gasteiger partial charge on any atom is -0.324 e. The standard InChI is InChI=1S/C17H15N3.C11H11N3.2C2H6/c1-14-12-18-17(19-13-14)20(15-8-4-2-5-9-15)16-10-6-3-7-11-16;1-9-7-12-11(13-8-9)14-10-5-3-2-4-6-10;2*1-2/h2-13H,1H3;2-8H,1H3,(H,12,13,14);2*1-2H3. The van der Waals surface area contributed by atoms with Crippen LogP contribution in [0.25, 0.3) is 0 Å². The van der Waals surface area contributed by atoms with Crippen molar-refractivity contribution in [1.82, 2.24) is 19.9 Å². The molecule has 0 aliphatic heterocycles. The summed E-state index contributed by atoms with van der Waals surface area (Å²) in [5.74, 6) is 1.30. The average Bonchev–Trinajstić information content (AvgIpc) is 3.00. The summed E-state index contributed by atoms with van der Waals surface area (Å²) in [6, 6.07) is 30.1.